The molecular weight excluding hydrogens is 278 g/mol. The molecule has 1 aliphatic rings. The van der Waals surface area contributed by atoms with Crippen molar-refractivity contribution in [2.24, 2.45) is 11.8 Å². The third kappa shape index (κ3) is 3.70. The van der Waals surface area contributed by atoms with Gasteiger partial charge in [-0.1, -0.05) is 49.5 Å². The lowest BCUT2D eigenvalue weighted by molar-refractivity contribution is -0.136. The number of alkyl halides is 1. The predicted molar refractivity (Wildman–Crippen MR) is 76.4 cm³/mol. The van der Waals surface area contributed by atoms with Gasteiger partial charge >= 0.3 is 0 Å². The van der Waals surface area contributed by atoms with Gasteiger partial charge in [-0.25, -0.2) is 0 Å². The van der Waals surface area contributed by atoms with E-state index in [2.05, 4.69) is 41.6 Å². The fourth-order valence-corrected chi connectivity index (χ4v) is 3.69. The monoisotopic (exact) mass is 303 g/mol. The molecule has 2 nitrogen and oxygen atoms in total. The average Bonchev–Trinajstić information content (AvgIpc) is 2.71. The molecule has 100 valence electrons. The highest BCUT2D eigenvalue weighted by atomic mass is 79.9. The zero-order valence-corrected chi connectivity index (χ0v) is 13.0. The summed E-state index contributed by atoms with van der Waals surface area (Å²) in [4.78, 5) is 14.6. The zero-order valence-electron chi connectivity index (χ0n) is 11.4. The van der Waals surface area contributed by atoms with E-state index in [0.29, 0.717) is 17.9 Å². The molecule has 3 heteroatoms. The lowest BCUT2D eigenvalue weighted by Crippen LogP contribution is -2.42. The molecule has 0 aromatic rings. The van der Waals surface area contributed by atoms with Gasteiger partial charge in [0.05, 0.1) is 0 Å². The summed E-state index contributed by atoms with van der Waals surface area (Å²) in [5, 5.41) is 0.921. The van der Waals surface area contributed by atoms with Crippen molar-refractivity contribution >= 4 is 21.8 Å². The molecule has 0 aromatic heterocycles. The van der Waals surface area contributed by atoms with Crippen LogP contribution in [0.4, 0.5) is 0 Å². The molecule has 1 saturated heterocycles. The van der Waals surface area contributed by atoms with Gasteiger partial charge in [-0.3, -0.25) is 4.79 Å². The molecule has 17 heavy (non-hydrogen) atoms. The Balaban J connectivity index is 2.60. The fraction of sp³-hybridized carbons (Fsp3) is 0.929. The molecule has 1 amide bonds. The van der Waals surface area contributed by atoms with Crippen molar-refractivity contribution in [1.82, 2.24) is 4.90 Å². The van der Waals surface area contributed by atoms with Crippen molar-refractivity contribution in [2.45, 2.75) is 58.9 Å². The molecule has 0 radical (unpaired) electrons. The summed E-state index contributed by atoms with van der Waals surface area (Å²) in [5.41, 5.74) is 0. The summed E-state index contributed by atoms with van der Waals surface area (Å²) in [7, 11) is 0. The van der Waals surface area contributed by atoms with Crippen LogP contribution in [-0.2, 0) is 4.79 Å². The van der Waals surface area contributed by atoms with Crippen molar-refractivity contribution in [3.8, 4) is 0 Å². The first-order valence-electron chi connectivity index (χ1n) is 7.02. The molecule has 1 heterocycles. The maximum Gasteiger partial charge on any atom is 0.225 e. The Bertz CT molecular complexity index is 244. The molecule has 1 rings (SSSR count). The van der Waals surface area contributed by atoms with Gasteiger partial charge < -0.3 is 4.90 Å². The standard InChI is InChI=1S/C14H26BrNO/c1-4-6-7-12(5-2)14(17)16-9-8-11(3)13(16)10-15/h11-13H,4-10H2,1-3H3. The van der Waals surface area contributed by atoms with Crippen LogP contribution in [-0.4, -0.2) is 28.7 Å². The van der Waals surface area contributed by atoms with E-state index in [9.17, 15) is 4.79 Å². The van der Waals surface area contributed by atoms with Gasteiger partial charge in [0.25, 0.3) is 0 Å². The maximum atomic E-state index is 12.5. The third-order valence-electron chi connectivity index (χ3n) is 4.07. The first-order valence-corrected chi connectivity index (χ1v) is 8.14. The molecule has 0 aromatic carbocycles. The van der Waals surface area contributed by atoms with Crippen LogP contribution in [0.15, 0.2) is 0 Å². The van der Waals surface area contributed by atoms with Crippen LogP contribution < -0.4 is 0 Å². The van der Waals surface area contributed by atoms with Gasteiger partial charge in [0.2, 0.25) is 5.91 Å². The number of amides is 1. The van der Waals surface area contributed by atoms with E-state index in [1.807, 2.05) is 0 Å². The van der Waals surface area contributed by atoms with E-state index in [1.165, 1.54) is 12.8 Å². The van der Waals surface area contributed by atoms with Crippen LogP contribution in [0.2, 0.25) is 0 Å². The van der Waals surface area contributed by atoms with E-state index in [0.717, 1.165) is 31.1 Å². The minimum Gasteiger partial charge on any atom is -0.338 e. The van der Waals surface area contributed by atoms with Crippen molar-refractivity contribution in [3.63, 3.8) is 0 Å². The molecular formula is C14H26BrNO. The Labute approximate surface area is 114 Å². The SMILES string of the molecule is CCCCC(CC)C(=O)N1CCC(C)C1CBr. The summed E-state index contributed by atoms with van der Waals surface area (Å²) in [6.07, 6.45) is 5.56. The summed E-state index contributed by atoms with van der Waals surface area (Å²) in [6, 6.07) is 0.415. The molecule has 0 spiro atoms. The molecule has 0 saturated carbocycles. The van der Waals surface area contributed by atoms with Gasteiger partial charge in [-0.2, -0.15) is 0 Å². The second-order valence-electron chi connectivity index (χ2n) is 5.27. The van der Waals surface area contributed by atoms with Crippen molar-refractivity contribution in [2.75, 3.05) is 11.9 Å². The van der Waals surface area contributed by atoms with Gasteiger partial charge in [0, 0.05) is 23.8 Å². The van der Waals surface area contributed by atoms with Crippen LogP contribution in [0.1, 0.15) is 52.9 Å². The van der Waals surface area contributed by atoms with Gasteiger partial charge in [0.15, 0.2) is 0 Å². The molecule has 3 unspecified atom stereocenters. The van der Waals surface area contributed by atoms with E-state index in [1.54, 1.807) is 0 Å². The van der Waals surface area contributed by atoms with Crippen molar-refractivity contribution in [1.29, 1.82) is 0 Å². The van der Waals surface area contributed by atoms with Gasteiger partial charge in [-0.05, 0) is 25.2 Å². The van der Waals surface area contributed by atoms with Crippen LogP contribution in [0.25, 0.3) is 0 Å². The molecule has 0 aliphatic carbocycles. The molecule has 3 atom stereocenters. The Morgan fingerprint density at radius 1 is 1.47 bits per heavy atom. The summed E-state index contributed by atoms with van der Waals surface area (Å²) in [6.45, 7) is 7.54. The number of carbonyl (C=O) groups excluding carboxylic acids is 1. The molecule has 0 bridgehead atoms. The first-order chi connectivity index (χ1) is 8.15. The normalized spacial score (nSPS) is 26.2. The Morgan fingerprint density at radius 3 is 2.71 bits per heavy atom. The van der Waals surface area contributed by atoms with Gasteiger partial charge in [0.1, 0.15) is 0 Å². The second-order valence-corrected chi connectivity index (χ2v) is 5.91. The molecule has 0 N–H and O–H groups in total. The fourth-order valence-electron chi connectivity index (χ4n) is 2.70. The number of rotatable bonds is 6. The molecule has 1 fully saturated rings. The third-order valence-corrected chi connectivity index (χ3v) is 4.74. The Kier molecular flexibility index (Phi) is 6.53. The highest BCUT2D eigenvalue weighted by Gasteiger charge is 2.35. The Morgan fingerprint density at radius 2 is 2.18 bits per heavy atom. The highest BCUT2D eigenvalue weighted by molar-refractivity contribution is 9.09. The number of likely N-dealkylation sites (tertiary alicyclic amines) is 1. The van der Waals surface area contributed by atoms with Crippen molar-refractivity contribution in [3.05, 3.63) is 0 Å². The number of carbonyl (C=O) groups is 1. The smallest absolute Gasteiger partial charge is 0.225 e. The number of unbranched alkanes of at least 4 members (excludes halogenated alkanes) is 1. The minimum atomic E-state index is 0.252. The zero-order chi connectivity index (χ0) is 12.8. The number of hydrogen-bond acceptors (Lipinski definition) is 1. The first kappa shape index (κ1) is 15.0. The maximum absolute atomic E-state index is 12.5. The van der Waals surface area contributed by atoms with E-state index in [4.69, 9.17) is 0 Å². The van der Waals surface area contributed by atoms with Crippen LogP contribution in [0.5, 0.6) is 0 Å². The van der Waals surface area contributed by atoms with Crippen LogP contribution >= 0.6 is 15.9 Å². The second kappa shape index (κ2) is 7.40. The summed E-state index contributed by atoms with van der Waals surface area (Å²) in [5.74, 6) is 1.29. The summed E-state index contributed by atoms with van der Waals surface area (Å²) < 4.78 is 0. The number of hydrogen-bond donors (Lipinski definition) is 0. The number of nitrogens with zero attached hydrogens (tertiary/aromatic N) is 1. The largest absolute Gasteiger partial charge is 0.338 e. The lowest BCUT2D eigenvalue weighted by atomic mass is 9.97. The van der Waals surface area contributed by atoms with E-state index >= 15 is 0 Å². The van der Waals surface area contributed by atoms with Crippen LogP contribution in [0.3, 0.4) is 0 Å². The minimum absolute atomic E-state index is 0.252. The summed E-state index contributed by atoms with van der Waals surface area (Å²) >= 11 is 3.56. The van der Waals surface area contributed by atoms with E-state index in [-0.39, 0.29) is 5.92 Å². The molecule has 1 aliphatic heterocycles. The number of halogens is 1. The highest BCUT2D eigenvalue weighted by Crippen LogP contribution is 2.28. The van der Waals surface area contributed by atoms with Crippen molar-refractivity contribution < 1.29 is 4.79 Å². The lowest BCUT2D eigenvalue weighted by Gasteiger charge is -2.29. The topological polar surface area (TPSA) is 20.3 Å². The van der Waals surface area contributed by atoms with Crippen LogP contribution in [0, 0.1) is 11.8 Å². The predicted octanol–water partition coefficient (Wildman–Crippen LogP) is 3.83. The van der Waals surface area contributed by atoms with E-state index < -0.39 is 0 Å². The average molecular weight is 304 g/mol. The Hall–Kier alpha value is -0.0500. The van der Waals surface area contributed by atoms with Gasteiger partial charge in [-0.15, -0.1) is 0 Å². The quantitative estimate of drug-likeness (QED) is 0.683.